The van der Waals surface area contributed by atoms with E-state index in [2.05, 4.69) is 44.7 Å². The monoisotopic (exact) mass is 509 g/mol. The molecule has 38 heavy (non-hydrogen) atoms. The molecule has 0 radical (unpaired) electrons. The average molecular weight is 510 g/mol. The summed E-state index contributed by atoms with van der Waals surface area (Å²) >= 11 is 0. The van der Waals surface area contributed by atoms with Crippen molar-refractivity contribution >= 4 is 11.1 Å². The highest BCUT2D eigenvalue weighted by Gasteiger charge is 2.27. The van der Waals surface area contributed by atoms with Crippen LogP contribution in [-0.4, -0.2) is 45.2 Å². The van der Waals surface area contributed by atoms with Gasteiger partial charge in [0.15, 0.2) is 0 Å². The van der Waals surface area contributed by atoms with Crippen LogP contribution in [0.1, 0.15) is 37.1 Å². The summed E-state index contributed by atoms with van der Waals surface area (Å²) in [5.41, 5.74) is 5.75. The molecule has 5 aromatic rings. The number of furan rings is 1. The predicted octanol–water partition coefficient (Wildman–Crippen LogP) is 6.04. The molecule has 8 nitrogen and oxygen atoms in total. The van der Waals surface area contributed by atoms with Gasteiger partial charge in [-0.25, -0.2) is 9.97 Å². The fourth-order valence-electron chi connectivity index (χ4n) is 5.50. The van der Waals surface area contributed by atoms with Crippen molar-refractivity contribution in [2.75, 3.05) is 13.7 Å². The van der Waals surface area contributed by atoms with Crippen LogP contribution in [0.5, 0.6) is 5.75 Å². The Bertz CT molecular complexity index is 1470. The van der Waals surface area contributed by atoms with Gasteiger partial charge in [-0.1, -0.05) is 54.1 Å². The van der Waals surface area contributed by atoms with E-state index in [1.807, 2.05) is 30.3 Å². The number of methoxy groups -OCH3 is 1. The molecule has 3 aromatic heterocycles. The molecule has 1 N–H and O–H groups in total. The highest BCUT2D eigenvalue weighted by atomic mass is 16.5. The van der Waals surface area contributed by atoms with Crippen LogP contribution in [0.2, 0.25) is 0 Å². The lowest BCUT2D eigenvalue weighted by Gasteiger charge is -2.29. The summed E-state index contributed by atoms with van der Waals surface area (Å²) in [6, 6.07) is 18.3. The third-order valence-corrected chi connectivity index (χ3v) is 7.39. The van der Waals surface area contributed by atoms with E-state index >= 15 is 0 Å². The zero-order valence-electron chi connectivity index (χ0n) is 21.5. The van der Waals surface area contributed by atoms with Crippen molar-refractivity contribution < 1.29 is 13.9 Å². The lowest BCUT2D eigenvalue weighted by molar-refractivity contribution is 0.0144. The summed E-state index contributed by atoms with van der Waals surface area (Å²) in [5, 5.41) is 11.5. The third kappa shape index (κ3) is 5.17. The van der Waals surface area contributed by atoms with Gasteiger partial charge in [0.05, 0.1) is 42.8 Å². The molecule has 1 aliphatic rings. The number of ether oxygens (including phenoxy) is 2. The highest BCUT2D eigenvalue weighted by molar-refractivity contribution is 6.01. The maximum Gasteiger partial charge on any atom is 0.230 e. The Balaban J connectivity index is 1.30. The summed E-state index contributed by atoms with van der Waals surface area (Å²) in [7, 11) is 1.68. The van der Waals surface area contributed by atoms with Gasteiger partial charge >= 0.3 is 0 Å². The minimum absolute atomic E-state index is 0.257. The van der Waals surface area contributed by atoms with Crippen molar-refractivity contribution in [1.82, 2.24) is 25.4 Å². The number of fused-ring (bicyclic) bond motifs is 1. The van der Waals surface area contributed by atoms with Crippen LogP contribution in [0, 0.1) is 5.92 Å². The molecule has 6 rings (SSSR count). The molecule has 2 aromatic carbocycles. The Morgan fingerprint density at radius 1 is 1.00 bits per heavy atom. The molecule has 0 bridgehead atoms. The van der Waals surface area contributed by atoms with E-state index in [9.17, 15) is 0 Å². The van der Waals surface area contributed by atoms with Gasteiger partial charge in [0.2, 0.25) is 5.71 Å². The Morgan fingerprint density at radius 3 is 2.66 bits per heavy atom. The number of aromatic amines is 1. The minimum Gasteiger partial charge on any atom is -0.497 e. The number of benzene rings is 2. The van der Waals surface area contributed by atoms with Gasteiger partial charge in [-0.2, -0.15) is 0 Å². The summed E-state index contributed by atoms with van der Waals surface area (Å²) in [6.45, 7) is 0.669. The molecule has 0 unspecified atom stereocenters. The van der Waals surface area contributed by atoms with Crippen molar-refractivity contribution in [2.45, 2.75) is 44.6 Å². The fourth-order valence-corrected chi connectivity index (χ4v) is 5.50. The van der Waals surface area contributed by atoms with Crippen LogP contribution in [0.15, 0.2) is 71.5 Å². The number of rotatable bonds is 9. The lowest BCUT2D eigenvalue weighted by Crippen LogP contribution is -2.25. The van der Waals surface area contributed by atoms with Crippen molar-refractivity contribution in [3.05, 3.63) is 78.5 Å². The molecule has 3 heterocycles. The normalized spacial score (nSPS) is 17.6. The fraction of sp³-hybridized carbons (Fsp3) is 0.333. The van der Waals surface area contributed by atoms with E-state index in [0.29, 0.717) is 18.2 Å². The zero-order chi connectivity index (χ0) is 25.7. The number of H-pyrrole nitrogens is 1. The molecule has 1 aliphatic carbocycles. The van der Waals surface area contributed by atoms with Gasteiger partial charge in [-0.05, 0) is 49.3 Å². The van der Waals surface area contributed by atoms with Gasteiger partial charge in [-0.3, -0.25) is 5.10 Å². The first kappa shape index (κ1) is 24.3. The first-order valence-corrected chi connectivity index (χ1v) is 13.2. The molecule has 0 aliphatic heterocycles. The van der Waals surface area contributed by atoms with Gasteiger partial charge in [0, 0.05) is 17.5 Å². The Hall–Kier alpha value is -4.04. The molecule has 1 saturated carbocycles. The highest BCUT2D eigenvalue weighted by Crippen LogP contribution is 2.42. The first-order chi connectivity index (χ1) is 18.8. The molecule has 1 fully saturated rings. The molecule has 0 saturated heterocycles. The van der Waals surface area contributed by atoms with Crippen LogP contribution in [-0.2, 0) is 17.6 Å². The summed E-state index contributed by atoms with van der Waals surface area (Å²) in [5.74, 6) is 2.11. The number of aromatic nitrogens is 5. The van der Waals surface area contributed by atoms with Crippen LogP contribution in [0.4, 0.5) is 0 Å². The van der Waals surface area contributed by atoms with Crippen LogP contribution in [0.3, 0.4) is 0 Å². The predicted molar refractivity (Wildman–Crippen MR) is 145 cm³/mol. The van der Waals surface area contributed by atoms with Crippen LogP contribution < -0.4 is 4.74 Å². The van der Waals surface area contributed by atoms with Gasteiger partial charge in [0.25, 0.3) is 0 Å². The molecule has 8 heteroatoms. The largest absolute Gasteiger partial charge is 0.497 e. The van der Waals surface area contributed by atoms with Crippen molar-refractivity contribution in [2.24, 2.45) is 5.92 Å². The second-order valence-electron chi connectivity index (χ2n) is 9.86. The SMILES string of the molecule is COc1ccc(-c2c(-c3ccccc3)oc3ncnc(C[C@H]4CCC[C@@H](OCCc5cnn[nH]5)C4)c23)cc1. The molecule has 194 valence electrons. The summed E-state index contributed by atoms with van der Waals surface area (Å²) in [6.07, 6.45) is 9.73. The number of nitrogens with one attached hydrogen (secondary N) is 1. The van der Waals surface area contributed by atoms with E-state index in [1.54, 1.807) is 19.6 Å². The van der Waals surface area contributed by atoms with Gasteiger partial charge in [-0.15, -0.1) is 5.10 Å². The molecule has 0 spiro atoms. The maximum atomic E-state index is 6.42. The van der Waals surface area contributed by atoms with Crippen LogP contribution >= 0.6 is 0 Å². The Morgan fingerprint density at radius 2 is 1.87 bits per heavy atom. The van der Waals surface area contributed by atoms with E-state index in [1.165, 1.54) is 0 Å². The maximum absolute atomic E-state index is 6.42. The summed E-state index contributed by atoms with van der Waals surface area (Å²) in [4.78, 5) is 9.33. The van der Waals surface area contributed by atoms with E-state index in [-0.39, 0.29) is 6.10 Å². The molecular weight excluding hydrogens is 478 g/mol. The van der Waals surface area contributed by atoms with Gasteiger partial charge < -0.3 is 13.9 Å². The molecule has 0 amide bonds. The second kappa shape index (κ2) is 11.1. The third-order valence-electron chi connectivity index (χ3n) is 7.39. The Labute approximate surface area is 221 Å². The topological polar surface area (TPSA) is 99.0 Å². The van der Waals surface area contributed by atoms with E-state index < -0.39 is 0 Å². The van der Waals surface area contributed by atoms with Gasteiger partial charge in [0.1, 0.15) is 17.8 Å². The van der Waals surface area contributed by atoms with E-state index in [4.69, 9.17) is 18.9 Å². The van der Waals surface area contributed by atoms with E-state index in [0.717, 1.165) is 83.5 Å². The van der Waals surface area contributed by atoms with Crippen LogP contribution in [0.25, 0.3) is 33.6 Å². The average Bonchev–Trinajstić information content (AvgIpc) is 3.63. The smallest absolute Gasteiger partial charge is 0.230 e. The quantitative estimate of drug-likeness (QED) is 0.258. The standard InChI is InChI=1S/C30H31N5O3/c1-36-24-12-10-21(11-13-24)27-28-26(31-19-32-30(28)38-29(27)22-7-3-2-4-8-22)17-20-6-5-9-25(16-20)37-15-14-23-18-33-35-34-23/h2-4,7-8,10-13,18-20,25H,5-6,9,14-17H2,1H3,(H,33,34,35)/t20-,25+/m0/s1. The number of hydrogen-bond acceptors (Lipinski definition) is 7. The Kier molecular flexibility index (Phi) is 7.13. The lowest BCUT2D eigenvalue weighted by atomic mass is 9.83. The number of nitrogens with zero attached hydrogens (tertiary/aromatic N) is 4. The van der Waals surface area contributed by atoms with Crippen molar-refractivity contribution in [3.8, 4) is 28.2 Å². The summed E-state index contributed by atoms with van der Waals surface area (Å²) < 4.78 is 18.1. The zero-order valence-corrected chi connectivity index (χ0v) is 21.5. The van der Waals surface area contributed by atoms with Crippen molar-refractivity contribution in [1.29, 1.82) is 0 Å². The number of hydrogen-bond donors (Lipinski definition) is 1. The minimum atomic E-state index is 0.257. The molecule has 2 atom stereocenters. The second-order valence-corrected chi connectivity index (χ2v) is 9.86. The van der Waals surface area contributed by atoms with Crippen molar-refractivity contribution in [3.63, 3.8) is 0 Å². The molecular formula is C30H31N5O3. The first-order valence-electron chi connectivity index (χ1n) is 13.2.